The smallest absolute Gasteiger partial charge is 0.407 e. The summed E-state index contributed by atoms with van der Waals surface area (Å²) in [7, 11) is 0. The molecule has 22 heavy (non-hydrogen) atoms. The first-order valence-electron chi connectivity index (χ1n) is 9.57. The van der Waals surface area contributed by atoms with Gasteiger partial charge in [0.1, 0.15) is 5.82 Å². The Kier molecular flexibility index (Phi) is 2.44. The van der Waals surface area contributed by atoms with Crippen molar-refractivity contribution in [2.75, 3.05) is 24.4 Å². The summed E-state index contributed by atoms with van der Waals surface area (Å²) in [5.41, 5.74) is 0.284. The lowest BCUT2D eigenvalue weighted by Crippen LogP contribution is -2.57. The number of rotatable bonds is 2. The van der Waals surface area contributed by atoms with Gasteiger partial charge in [-0.1, -0.05) is 13.8 Å². The van der Waals surface area contributed by atoms with Gasteiger partial charge in [0.05, 0.1) is 24.9 Å². The van der Waals surface area contributed by atoms with Crippen molar-refractivity contribution in [3.05, 3.63) is 22.9 Å². The first-order valence-corrected chi connectivity index (χ1v) is 7.36. The normalized spacial score (nSPS) is 30.1. The highest BCUT2D eigenvalue weighted by Crippen LogP contribution is 2.23. The van der Waals surface area contributed by atoms with Gasteiger partial charge < -0.3 is 14.9 Å². The molecule has 0 bridgehead atoms. The van der Waals surface area contributed by atoms with Gasteiger partial charge in [-0.15, -0.1) is 0 Å². The van der Waals surface area contributed by atoms with Crippen LogP contribution in [0.4, 0.5) is 10.6 Å². The van der Waals surface area contributed by atoms with Gasteiger partial charge in [-0.05, 0) is 27.9 Å². The molecule has 1 aliphatic heterocycles. The molecule has 1 aliphatic rings. The topological polar surface area (TPSA) is 74.0 Å². The van der Waals surface area contributed by atoms with Gasteiger partial charge in [-0.2, -0.15) is 5.10 Å². The second kappa shape index (κ2) is 5.75. The van der Waals surface area contributed by atoms with Crippen LogP contribution in [0.25, 0.3) is 5.65 Å². The lowest BCUT2D eigenvalue weighted by atomic mass is 10.00. The SMILES string of the molecule is [2H]C1([2H])C(C(C)C)N(C(=O)O)C([2H])([2H])C([2H])([2H])N1c1ccn2ncc(Br)c2n1. The van der Waals surface area contributed by atoms with Crippen molar-refractivity contribution in [2.24, 2.45) is 5.92 Å². The van der Waals surface area contributed by atoms with Gasteiger partial charge >= 0.3 is 6.09 Å². The van der Waals surface area contributed by atoms with E-state index in [1.165, 1.54) is 23.0 Å². The minimum atomic E-state index is -3.06. The average Bonchev–Trinajstić information content (AvgIpc) is 2.90. The van der Waals surface area contributed by atoms with Gasteiger partial charge in [0, 0.05) is 25.7 Å². The number of nitrogens with zero attached hydrogens (tertiary/aromatic N) is 5. The summed E-state index contributed by atoms with van der Waals surface area (Å²) in [6, 6.07) is -0.179. The van der Waals surface area contributed by atoms with E-state index in [-0.39, 0.29) is 16.4 Å². The van der Waals surface area contributed by atoms with Crippen molar-refractivity contribution < 1.29 is 18.1 Å². The van der Waals surface area contributed by atoms with E-state index >= 15 is 0 Å². The van der Waals surface area contributed by atoms with Crippen LogP contribution < -0.4 is 4.90 Å². The molecule has 0 spiro atoms. The molecular weight excluding hydrogens is 350 g/mol. The van der Waals surface area contributed by atoms with Crippen LogP contribution in [0, 0.1) is 5.92 Å². The van der Waals surface area contributed by atoms with Crippen LogP contribution in [-0.2, 0) is 0 Å². The Morgan fingerprint density at radius 1 is 1.55 bits per heavy atom. The number of carboxylic acid groups (broad SMARTS) is 1. The fourth-order valence-electron chi connectivity index (χ4n) is 2.09. The van der Waals surface area contributed by atoms with E-state index in [1.54, 1.807) is 13.8 Å². The van der Waals surface area contributed by atoms with Crippen molar-refractivity contribution in [3.8, 4) is 0 Å². The summed E-state index contributed by atoms with van der Waals surface area (Å²) in [5.74, 6) is -0.825. The zero-order chi connectivity index (χ0) is 21.2. The molecule has 8 heteroatoms. The van der Waals surface area contributed by atoms with Crippen molar-refractivity contribution in [3.63, 3.8) is 0 Å². The molecule has 3 rings (SSSR count). The molecule has 1 N–H and O–H groups in total. The molecule has 2 aromatic heterocycles. The number of piperazine rings is 1. The molecule has 1 amide bonds. The number of hydrogen-bond acceptors (Lipinski definition) is 4. The summed E-state index contributed by atoms with van der Waals surface area (Å²) in [6.45, 7) is -5.60. The number of aromatic nitrogens is 3. The first-order chi connectivity index (χ1) is 12.7. The maximum absolute atomic E-state index is 11.8. The minimum absolute atomic E-state index is 0.178. The fraction of sp³-hybridized carbons (Fsp3) is 0.500. The van der Waals surface area contributed by atoms with E-state index in [0.717, 1.165) is 0 Å². The van der Waals surface area contributed by atoms with Crippen LogP contribution in [0.5, 0.6) is 0 Å². The highest BCUT2D eigenvalue weighted by molar-refractivity contribution is 9.10. The minimum Gasteiger partial charge on any atom is -0.465 e. The molecule has 118 valence electrons. The highest BCUT2D eigenvalue weighted by Gasteiger charge is 2.32. The van der Waals surface area contributed by atoms with E-state index in [9.17, 15) is 9.90 Å². The molecule has 1 unspecified atom stereocenters. The fourth-order valence-corrected chi connectivity index (χ4v) is 2.45. The van der Waals surface area contributed by atoms with Crippen LogP contribution in [0.1, 0.15) is 22.1 Å². The van der Waals surface area contributed by atoms with E-state index < -0.39 is 37.5 Å². The Labute approximate surface area is 145 Å². The third kappa shape index (κ3) is 2.63. The number of fused-ring (bicyclic) bond motifs is 1. The number of hydrogen-bond donors (Lipinski definition) is 1. The van der Waals surface area contributed by atoms with Crippen molar-refractivity contribution in [1.82, 2.24) is 19.5 Å². The quantitative estimate of drug-likeness (QED) is 0.873. The number of amides is 1. The van der Waals surface area contributed by atoms with Crippen molar-refractivity contribution in [2.45, 2.75) is 19.9 Å². The molecule has 1 fully saturated rings. The Hall–Kier alpha value is -1.83. The lowest BCUT2D eigenvalue weighted by molar-refractivity contribution is 0.102. The molecular formula is C14H18BrN5O2. The Bertz CT molecular complexity index is 936. The van der Waals surface area contributed by atoms with Gasteiger partial charge in [0.15, 0.2) is 5.65 Å². The van der Waals surface area contributed by atoms with Crippen LogP contribution >= 0.6 is 15.9 Å². The molecule has 0 aromatic carbocycles. The molecule has 1 atom stereocenters. The molecule has 3 heterocycles. The monoisotopic (exact) mass is 373 g/mol. The van der Waals surface area contributed by atoms with E-state index in [1.807, 2.05) is 0 Å². The van der Waals surface area contributed by atoms with Crippen LogP contribution in [0.3, 0.4) is 0 Å². The zero-order valence-corrected chi connectivity index (χ0v) is 13.4. The van der Waals surface area contributed by atoms with Gasteiger partial charge in [-0.25, -0.2) is 14.3 Å². The van der Waals surface area contributed by atoms with E-state index in [2.05, 4.69) is 26.0 Å². The predicted octanol–water partition coefficient (Wildman–Crippen LogP) is 2.32. The van der Waals surface area contributed by atoms with Crippen molar-refractivity contribution >= 4 is 33.5 Å². The number of carbonyl (C=O) groups is 1. The first kappa shape index (κ1) is 9.34. The van der Waals surface area contributed by atoms with Gasteiger partial charge in [0.2, 0.25) is 0 Å². The van der Waals surface area contributed by atoms with Gasteiger partial charge in [-0.3, -0.25) is 0 Å². The number of halogens is 1. The molecule has 0 saturated carbocycles. The predicted molar refractivity (Wildman–Crippen MR) is 86.3 cm³/mol. The molecule has 2 aromatic rings. The zero-order valence-electron chi connectivity index (χ0n) is 17.9. The lowest BCUT2D eigenvalue weighted by Gasteiger charge is -2.42. The summed E-state index contributed by atoms with van der Waals surface area (Å²) < 4.78 is 52.3. The summed E-state index contributed by atoms with van der Waals surface area (Å²) in [5, 5.41) is 13.6. The summed E-state index contributed by atoms with van der Waals surface area (Å²) in [6.07, 6.45) is 1.17. The largest absolute Gasteiger partial charge is 0.465 e. The molecule has 0 radical (unpaired) electrons. The molecule has 1 saturated heterocycles. The van der Waals surface area contributed by atoms with E-state index in [4.69, 9.17) is 8.22 Å². The van der Waals surface area contributed by atoms with E-state index in [0.29, 0.717) is 9.37 Å². The standard InChI is InChI=1S/C14H18BrN5O2/c1-9(2)11-8-18(5-6-19(11)14(21)22)12-3-4-20-13(17-12)10(15)7-16-20/h3-4,7,9,11H,5-6,8H2,1-2H3,(H,21,22)/i5D2,6D2,8D2. The van der Waals surface area contributed by atoms with Gasteiger partial charge in [0.25, 0.3) is 0 Å². The maximum Gasteiger partial charge on any atom is 0.407 e. The highest BCUT2D eigenvalue weighted by atomic mass is 79.9. The Morgan fingerprint density at radius 2 is 2.32 bits per heavy atom. The van der Waals surface area contributed by atoms with Crippen LogP contribution in [-0.4, -0.2) is 56.2 Å². The average molecular weight is 374 g/mol. The summed E-state index contributed by atoms with van der Waals surface area (Å²) in [4.78, 5) is 16.9. The van der Waals surface area contributed by atoms with Crippen LogP contribution in [0.2, 0.25) is 0 Å². The second-order valence-electron chi connectivity index (χ2n) is 5.08. The molecule has 0 aliphatic carbocycles. The Balaban J connectivity index is 2.28. The van der Waals surface area contributed by atoms with Crippen LogP contribution in [0.15, 0.2) is 22.9 Å². The Morgan fingerprint density at radius 3 is 3.00 bits per heavy atom. The third-order valence-electron chi connectivity index (χ3n) is 3.20. The molecule has 7 nitrogen and oxygen atoms in total. The van der Waals surface area contributed by atoms with Crippen molar-refractivity contribution in [1.29, 1.82) is 0 Å². The number of anilines is 1. The third-order valence-corrected chi connectivity index (χ3v) is 3.76. The summed E-state index contributed by atoms with van der Waals surface area (Å²) >= 11 is 3.26. The second-order valence-corrected chi connectivity index (χ2v) is 5.93. The maximum atomic E-state index is 11.8.